The number of hydrogen-bond acceptors (Lipinski definition) is 5. The van der Waals surface area contributed by atoms with Crippen LogP contribution in [0.4, 0.5) is 10.1 Å². The van der Waals surface area contributed by atoms with E-state index in [2.05, 4.69) is 15.5 Å². The normalized spacial score (nSPS) is 11.2. The summed E-state index contributed by atoms with van der Waals surface area (Å²) < 4.78 is 18.3. The molecule has 0 atom stereocenters. The quantitative estimate of drug-likeness (QED) is 0.668. The molecule has 2 rings (SSSR count). The summed E-state index contributed by atoms with van der Waals surface area (Å²) >= 11 is 0. The molecular weight excluding hydrogens is 277 g/mol. The van der Waals surface area contributed by atoms with Gasteiger partial charge in [-0.1, -0.05) is 13.8 Å². The average Bonchev–Trinajstić information content (AvgIpc) is 2.90. The molecule has 2 N–H and O–H groups in total. The zero-order valence-electron chi connectivity index (χ0n) is 11.5. The van der Waals surface area contributed by atoms with Gasteiger partial charge in [0.05, 0.1) is 5.69 Å². The third kappa shape index (κ3) is 3.88. The highest BCUT2D eigenvalue weighted by atomic mass is 19.1. The van der Waals surface area contributed by atoms with E-state index in [0.29, 0.717) is 5.89 Å². The van der Waals surface area contributed by atoms with E-state index in [1.54, 1.807) is 0 Å². The molecule has 0 fully saturated rings. The fourth-order valence-electron chi connectivity index (χ4n) is 1.48. The fraction of sp³-hybridized carbons (Fsp3) is 0.214. The lowest BCUT2D eigenvalue weighted by atomic mass is 10.2. The number of phenols is 1. The van der Waals surface area contributed by atoms with Gasteiger partial charge >= 0.3 is 0 Å². The highest BCUT2D eigenvalue weighted by Crippen LogP contribution is 2.23. The van der Waals surface area contributed by atoms with Gasteiger partial charge in [-0.15, -0.1) is 10.2 Å². The molecule has 2 aromatic rings. The first-order valence-electron chi connectivity index (χ1n) is 6.26. The number of carbonyl (C=O) groups excluding carboxylic acids is 1. The zero-order valence-corrected chi connectivity index (χ0v) is 11.5. The van der Waals surface area contributed by atoms with Crippen LogP contribution in [-0.2, 0) is 4.79 Å². The first-order valence-corrected chi connectivity index (χ1v) is 6.26. The minimum absolute atomic E-state index is 0.0157. The fourth-order valence-corrected chi connectivity index (χ4v) is 1.48. The number of phenolic OH excluding ortho intramolecular Hbond substituents is 1. The summed E-state index contributed by atoms with van der Waals surface area (Å²) in [5.74, 6) is -0.586. The van der Waals surface area contributed by atoms with Crippen LogP contribution in [0.3, 0.4) is 0 Å². The van der Waals surface area contributed by atoms with Crippen molar-refractivity contribution in [1.29, 1.82) is 0 Å². The molecule has 0 radical (unpaired) electrons. The van der Waals surface area contributed by atoms with Gasteiger partial charge < -0.3 is 14.8 Å². The van der Waals surface area contributed by atoms with Crippen LogP contribution in [0.5, 0.6) is 5.75 Å². The van der Waals surface area contributed by atoms with E-state index in [-0.39, 0.29) is 23.2 Å². The molecule has 1 aromatic carbocycles. The molecule has 0 spiro atoms. The van der Waals surface area contributed by atoms with Crippen LogP contribution in [0.2, 0.25) is 0 Å². The molecule has 0 saturated heterocycles. The van der Waals surface area contributed by atoms with Crippen LogP contribution in [0, 0.1) is 5.82 Å². The van der Waals surface area contributed by atoms with Crippen LogP contribution >= 0.6 is 0 Å². The smallest absolute Gasteiger partial charge is 0.248 e. The number of aromatic nitrogens is 2. The van der Waals surface area contributed by atoms with Crippen molar-refractivity contribution in [1.82, 2.24) is 10.2 Å². The van der Waals surface area contributed by atoms with Crippen molar-refractivity contribution in [3.8, 4) is 5.75 Å². The topological polar surface area (TPSA) is 88.2 Å². The van der Waals surface area contributed by atoms with Crippen LogP contribution in [0.25, 0.3) is 6.08 Å². The number of rotatable bonds is 4. The lowest BCUT2D eigenvalue weighted by molar-refractivity contribution is -0.111. The summed E-state index contributed by atoms with van der Waals surface area (Å²) in [6.07, 6.45) is 2.49. The van der Waals surface area contributed by atoms with Gasteiger partial charge in [0.25, 0.3) is 0 Å². The van der Waals surface area contributed by atoms with Crippen LogP contribution in [0.15, 0.2) is 28.7 Å². The first kappa shape index (κ1) is 14.7. The average molecular weight is 291 g/mol. The van der Waals surface area contributed by atoms with Gasteiger partial charge in [-0.2, -0.15) is 0 Å². The number of nitrogens with zero attached hydrogens (tertiary/aromatic N) is 2. The standard InChI is InChI=1S/C14H14FN3O3/c1-8(2)14-18-17-13(21-14)6-5-12(20)16-10-7-9(15)3-4-11(10)19/h3-8,19H,1-2H3,(H,16,20)/b6-5+. The zero-order chi connectivity index (χ0) is 15.4. The van der Waals surface area contributed by atoms with E-state index in [0.717, 1.165) is 24.3 Å². The molecule has 0 bridgehead atoms. The molecule has 1 aromatic heterocycles. The Bertz CT molecular complexity index is 680. The van der Waals surface area contributed by atoms with Crippen molar-refractivity contribution in [2.75, 3.05) is 5.32 Å². The van der Waals surface area contributed by atoms with Gasteiger partial charge in [-0.05, 0) is 12.1 Å². The van der Waals surface area contributed by atoms with Gasteiger partial charge in [0.2, 0.25) is 17.7 Å². The van der Waals surface area contributed by atoms with E-state index < -0.39 is 11.7 Å². The van der Waals surface area contributed by atoms with Gasteiger partial charge in [-0.3, -0.25) is 4.79 Å². The predicted octanol–water partition coefficient (Wildman–Crippen LogP) is 2.69. The number of benzene rings is 1. The molecule has 0 unspecified atom stereocenters. The Balaban J connectivity index is 2.03. The lowest BCUT2D eigenvalue weighted by Gasteiger charge is -2.04. The van der Waals surface area contributed by atoms with E-state index >= 15 is 0 Å². The maximum Gasteiger partial charge on any atom is 0.248 e. The van der Waals surface area contributed by atoms with E-state index in [1.165, 1.54) is 6.08 Å². The Morgan fingerprint density at radius 2 is 2.19 bits per heavy atom. The summed E-state index contributed by atoms with van der Waals surface area (Å²) in [7, 11) is 0. The largest absolute Gasteiger partial charge is 0.506 e. The Morgan fingerprint density at radius 1 is 1.43 bits per heavy atom. The van der Waals surface area contributed by atoms with Gasteiger partial charge in [-0.25, -0.2) is 4.39 Å². The van der Waals surface area contributed by atoms with Gasteiger partial charge in [0, 0.05) is 24.1 Å². The Kier molecular flexibility index (Phi) is 4.32. The molecule has 1 amide bonds. The number of anilines is 1. The first-order chi connectivity index (χ1) is 9.95. The Morgan fingerprint density at radius 3 is 2.86 bits per heavy atom. The minimum Gasteiger partial charge on any atom is -0.506 e. The van der Waals surface area contributed by atoms with Crippen molar-refractivity contribution in [3.63, 3.8) is 0 Å². The van der Waals surface area contributed by atoms with Crippen molar-refractivity contribution in [2.45, 2.75) is 19.8 Å². The third-order valence-electron chi connectivity index (χ3n) is 2.54. The summed E-state index contributed by atoms with van der Waals surface area (Å²) in [6.45, 7) is 3.81. The molecular formula is C14H14FN3O3. The monoisotopic (exact) mass is 291 g/mol. The van der Waals surface area contributed by atoms with Crippen molar-refractivity contribution >= 4 is 17.7 Å². The van der Waals surface area contributed by atoms with Gasteiger partial charge in [0.1, 0.15) is 11.6 Å². The number of aromatic hydroxyl groups is 1. The minimum atomic E-state index is -0.564. The lowest BCUT2D eigenvalue weighted by Crippen LogP contribution is -2.08. The van der Waals surface area contributed by atoms with Crippen molar-refractivity contribution in [2.24, 2.45) is 0 Å². The van der Waals surface area contributed by atoms with E-state index in [4.69, 9.17) is 4.42 Å². The third-order valence-corrected chi connectivity index (χ3v) is 2.54. The molecule has 0 aliphatic heterocycles. The summed E-state index contributed by atoms with van der Waals surface area (Å²) in [6, 6.07) is 3.26. The van der Waals surface area contributed by atoms with Crippen molar-refractivity contribution in [3.05, 3.63) is 41.9 Å². The SMILES string of the molecule is CC(C)c1nnc(/C=C/C(=O)Nc2cc(F)ccc2O)o1. The summed E-state index contributed by atoms with van der Waals surface area (Å²) in [5.41, 5.74) is -0.0157. The van der Waals surface area contributed by atoms with Crippen molar-refractivity contribution < 1.29 is 18.7 Å². The molecule has 0 aliphatic carbocycles. The second-order valence-electron chi connectivity index (χ2n) is 4.62. The Labute approximate surface area is 120 Å². The molecule has 0 aliphatic rings. The summed E-state index contributed by atoms with van der Waals surface area (Å²) in [5, 5.41) is 19.4. The number of amides is 1. The molecule has 21 heavy (non-hydrogen) atoms. The van der Waals surface area contributed by atoms with E-state index in [9.17, 15) is 14.3 Å². The maximum absolute atomic E-state index is 13.0. The Hall–Kier alpha value is -2.70. The molecule has 110 valence electrons. The predicted molar refractivity (Wildman–Crippen MR) is 74.1 cm³/mol. The second kappa shape index (κ2) is 6.17. The molecule has 1 heterocycles. The van der Waals surface area contributed by atoms with Gasteiger partial charge in [0.15, 0.2) is 0 Å². The number of carbonyl (C=O) groups is 1. The van der Waals surface area contributed by atoms with Crippen LogP contribution < -0.4 is 5.32 Å². The molecule has 7 heteroatoms. The highest BCUT2D eigenvalue weighted by Gasteiger charge is 2.08. The number of halogens is 1. The number of hydrogen-bond donors (Lipinski definition) is 2. The van der Waals surface area contributed by atoms with Crippen LogP contribution in [-0.4, -0.2) is 21.2 Å². The highest BCUT2D eigenvalue weighted by molar-refractivity contribution is 6.02. The maximum atomic E-state index is 13.0. The molecule has 0 saturated carbocycles. The van der Waals surface area contributed by atoms with Crippen LogP contribution in [0.1, 0.15) is 31.5 Å². The summed E-state index contributed by atoms with van der Waals surface area (Å²) in [4.78, 5) is 11.7. The van der Waals surface area contributed by atoms with E-state index in [1.807, 2.05) is 13.8 Å². The second-order valence-corrected chi connectivity index (χ2v) is 4.62. The molecule has 6 nitrogen and oxygen atoms in total. The number of nitrogens with one attached hydrogen (secondary N) is 1.